The van der Waals surface area contributed by atoms with Crippen LogP contribution in [-0.4, -0.2) is 36.2 Å². The maximum absolute atomic E-state index is 12.7. The smallest absolute Gasteiger partial charge is 0.271 e. The van der Waals surface area contributed by atoms with Crippen LogP contribution in [0.1, 0.15) is 16.2 Å². The van der Waals surface area contributed by atoms with Gasteiger partial charge in [0, 0.05) is 18.3 Å². The van der Waals surface area contributed by atoms with Crippen LogP contribution in [0.2, 0.25) is 0 Å². The molecule has 0 aliphatic rings. The standard InChI is InChI=1S/C21H18N4O4S2/c1-25(13-18-22-17-6-3-2-5-16(17)20(26)23-18)21(27)14-8-10-15(11-9-14)24-31(28,29)19-7-4-12-30-19/h2-12,24H,13H2,1H3,(H,22,23,26). The zero-order valence-corrected chi connectivity index (χ0v) is 18.0. The Hall–Kier alpha value is -3.50. The van der Waals surface area contributed by atoms with Gasteiger partial charge in [0.1, 0.15) is 10.0 Å². The van der Waals surface area contributed by atoms with Crippen molar-refractivity contribution in [3.05, 3.63) is 87.8 Å². The van der Waals surface area contributed by atoms with Gasteiger partial charge in [-0.1, -0.05) is 18.2 Å². The Labute approximate surface area is 182 Å². The fourth-order valence-electron chi connectivity index (χ4n) is 3.03. The van der Waals surface area contributed by atoms with Crippen LogP contribution in [0.25, 0.3) is 10.9 Å². The number of fused-ring (bicyclic) bond motifs is 1. The second-order valence-corrected chi connectivity index (χ2v) is 9.66. The molecule has 158 valence electrons. The summed E-state index contributed by atoms with van der Waals surface area (Å²) in [5.74, 6) is 0.0864. The average molecular weight is 455 g/mol. The molecule has 4 rings (SSSR count). The minimum Gasteiger partial charge on any atom is -0.334 e. The number of thiophene rings is 1. The number of hydrogen-bond donors (Lipinski definition) is 2. The summed E-state index contributed by atoms with van der Waals surface area (Å²) in [5.41, 5.74) is 1.03. The van der Waals surface area contributed by atoms with E-state index in [1.54, 1.807) is 54.9 Å². The fourth-order valence-corrected chi connectivity index (χ4v) is 5.08. The molecule has 2 aromatic heterocycles. The molecule has 0 aliphatic carbocycles. The van der Waals surface area contributed by atoms with Crippen molar-refractivity contribution >= 4 is 43.9 Å². The third-order valence-electron chi connectivity index (χ3n) is 4.54. The van der Waals surface area contributed by atoms with Gasteiger partial charge in [0.25, 0.3) is 21.5 Å². The monoisotopic (exact) mass is 454 g/mol. The normalized spacial score (nSPS) is 11.4. The highest BCUT2D eigenvalue weighted by Crippen LogP contribution is 2.21. The average Bonchev–Trinajstić information content (AvgIpc) is 3.30. The van der Waals surface area contributed by atoms with Crippen LogP contribution in [0.4, 0.5) is 5.69 Å². The van der Waals surface area contributed by atoms with Crippen LogP contribution in [0.3, 0.4) is 0 Å². The van der Waals surface area contributed by atoms with Gasteiger partial charge in [0.15, 0.2) is 0 Å². The molecule has 0 radical (unpaired) electrons. The molecule has 2 aromatic carbocycles. The fraction of sp³-hybridized carbons (Fsp3) is 0.0952. The summed E-state index contributed by atoms with van der Waals surface area (Å²) < 4.78 is 27.3. The van der Waals surface area contributed by atoms with Crippen LogP contribution in [0, 0.1) is 0 Å². The van der Waals surface area contributed by atoms with E-state index in [-0.39, 0.29) is 22.2 Å². The Morgan fingerprint density at radius 1 is 1.10 bits per heavy atom. The Morgan fingerprint density at radius 3 is 2.55 bits per heavy atom. The molecule has 8 nitrogen and oxygen atoms in total. The molecule has 0 saturated carbocycles. The van der Waals surface area contributed by atoms with Crippen molar-refractivity contribution in [1.82, 2.24) is 14.9 Å². The Morgan fingerprint density at radius 2 is 1.84 bits per heavy atom. The Kier molecular flexibility index (Phi) is 5.57. The molecule has 1 amide bonds. The van der Waals surface area contributed by atoms with Crippen LogP contribution in [0.5, 0.6) is 0 Å². The first-order chi connectivity index (χ1) is 14.8. The van der Waals surface area contributed by atoms with E-state index in [0.717, 1.165) is 11.3 Å². The number of aromatic nitrogens is 2. The SMILES string of the molecule is CN(Cc1nc2ccccc2c(=O)[nH]1)C(=O)c1ccc(NS(=O)(=O)c2cccs2)cc1. The maximum atomic E-state index is 12.7. The van der Waals surface area contributed by atoms with Gasteiger partial charge in [-0.15, -0.1) is 11.3 Å². The number of nitrogens with one attached hydrogen (secondary N) is 2. The number of aromatic amines is 1. The van der Waals surface area contributed by atoms with Crippen molar-refractivity contribution in [2.75, 3.05) is 11.8 Å². The lowest BCUT2D eigenvalue weighted by molar-refractivity contribution is 0.0781. The third kappa shape index (κ3) is 4.49. The number of carbonyl (C=O) groups excluding carboxylic acids is 1. The van der Waals surface area contributed by atoms with Crippen LogP contribution >= 0.6 is 11.3 Å². The summed E-state index contributed by atoms with van der Waals surface area (Å²) in [6.07, 6.45) is 0. The highest BCUT2D eigenvalue weighted by atomic mass is 32.2. The van der Waals surface area contributed by atoms with E-state index in [0.29, 0.717) is 28.0 Å². The number of anilines is 1. The number of amides is 1. The molecule has 0 aliphatic heterocycles. The van der Waals surface area contributed by atoms with Gasteiger partial charge in [-0.05, 0) is 47.8 Å². The molecule has 10 heteroatoms. The van der Waals surface area contributed by atoms with Gasteiger partial charge in [0.2, 0.25) is 0 Å². The van der Waals surface area contributed by atoms with Gasteiger partial charge < -0.3 is 9.88 Å². The van der Waals surface area contributed by atoms with E-state index in [2.05, 4.69) is 14.7 Å². The predicted octanol–water partition coefficient (Wildman–Crippen LogP) is 3.06. The van der Waals surface area contributed by atoms with Gasteiger partial charge in [-0.3, -0.25) is 14.3 Å². The van der Waals surface area contributed by atoms with E-state index in [9.17, 15) is 18.0 Å². The summed E-state index contributed by atoms with van der Waals surface area (Å²) in [6.45, 7) is 0.117. The summed E-state index contributed by atoms with van der Waals surface area (Å²) in [4.78, 5) is 33.5. The van der Waals surface area contributed by atoms with Gasteiger partial charge in [0.05, 0.1) is 17.4 Å². The van der Waals surface area contributed by atoms with Crippen LogP contribution in [0.15, 0.2) is 75.0 Å². The molecule has 4 aromatic rings. The minimum atomic E-state index is -3.65. The molecule has 0 saturated heterocycles. The van der Waals surface area contributed by atoms with Crippen LogP contribution in [-0.2, 0) is 16.6 Å². The summed E-state index contributed by atoms with van der Waals surface area (Å²) >= 11 is 1.12. The van der Waals surface area contributed by atoms with Crippen molar-refractivity contribution in [3.8, 4) is 0 Å². The quantitative estimate of drug-likeness (QED) is 0.465. The van der Waals surface area contributed by atoms with E-state index >= 15 is 0 Å². The number of rotatable bonds is 6. The first-order valence-electron chi connectivity index (χ1n) is 9.23. The molecule has 0 unspecified atom stereocenters. The van der Waals surface area contributed by atoms with Gasteiger partial charge in [-0.2, -0.15) is 0 Å². The van der Waals surface area contributed by atoms with Crippen molar-refractivity contribution in [3.63, 3.8) is 0 Å². The number of H-pyrrole nitrogens is 1. The van der Waals surface area contributed by atoms with E-state index in [1.165, 1.54) is 23.1 Å². The predicted molar refractivity (Wildman–Crippen MR) is 120 cm³/mol. The van der Waals surface area contributed by atoms with E-state index < -0.39 is 10.0 Å². The first kappa shape index (κ1) is 20.8. The number of sulfonamides is 1. The van der Waals surface area contributed by atoms with Crippen molar-refractivity contribution in [1.29, 1.82) is 0 Å². The summed E-state index contributed by atoms with van der Waals surface area (Å²) in [5, 5.41) is 2.17. The molecule has 0 bridgehead atoms. The topological polar surface area (TPSA) is 112 Å². The molecule has 2 N–H and O–H groups in total. The highest BCUT2D eigenvalue weighted by Gasteiger charge is 2.17. The van der Waals surface area contributed by atoms with Crippen LogP contribution < -0.4 is 10.3 Å². The van der Waals surface area contributed by atoms with Crippen molar-refractivity contribution < 1.29 is 13.2 Å². The second kappa shape index (κ2) is 8.32. The first-order valence-corrected chi connectivity index (χ1v) is 11.6. The molecular weight excluding hydrogens is 436 g/mol. The molecule has 2 heterocycles. The second-order valence-electron chi connectivity index (χ2n) is 6.81. The van der Waals surface area contributed by atoms with Gasteiger partial charge >= 0.3 is 0 Å². The molecule has 0 fully saturated rings. The maximum Gasteiger partial charge on any atom is 0.271 e. The highest BCUT2D eigenvalue weighted by molar-refractivity contribution is 7.94. The Bertz CT molecular complexity index is 1400. The van der Waals surface area contributed by atoms with E-state index in [1.807, 2.05) is 0 Å². The third-order valence-corrected chi connectivity index (χ3v) is 7.32. The summed E-state index contributed by atoms with van der Waals surface area (Å²) in [7, 11) is -2.05. The lowest BCUT2D eigenvalue weighted by atomic mass is 10.2. The molecule has 0 spiro atoms. The summed E-state index contributed by atoms with van der Waals surface area (Å²) in [6, 6.07) is 16.3. The number of benzene rings is 2. The number of nitrogens with zero attached hydrogens (tertiary/aromatic N) is 2. The zero-order chi connectivity index (χ0) is 22.0. The zero-order valence-electron chi connectivity index (χ0n) is 16.4. The lowest BCUT2D eigenvalue weighted by Crippen LogP contribution is -2.28. The molecular formula is C21H18N4O4S2. The van der Waals surface area contributed by atoms with Gasteiger partial charge in [-0.25, -0.2) is 13.4 Å². The number of carbonyl (C=O) groups is 1. The van der Waals surface area contributed by atoms with E-state index in [4.69, 9.17) is 0 Å². The Balaban J connectivity index is 1.47. The molecule has 0 atom stereocenters. The lowest BCUT2D eigenvalue weighted by Gasteiger charge is -2.17. The largest absolute Gasteiger partial charge is 0.334 e. The van der Waals surface area contributed by atoms with Crippen molar-refractivity contribution in [2.24, 2.45) is 0 Å². The molecule has 31 heavy (non-hydrogen) atoms. The van der Waals surface area contributed by atoms with Crippen molar-refractivity contribution in [2.45, 2.75) is 10.8 Å². The number of para-hydroxylation sites is 1. The number of hydrogen-bond acceptors (Lipinski definition) is 6. The minimum absolute atomic E-state index is 0.117.